The van der Waals surface area contributed by atoms with E-state index in [1.54, 1.807) is 24.3 Å². The van der Waals surface area contributed by atoms with Crippen LogP contribution < -0.4 is 0 Å². The highest BCUT2D eigenvalue weighted by molar-refractivity contribution is 7.54. The minimum absolute atomic E-state index is 0.170. The lowest BCUT2D eigenvalue weighted by Crippen LogP contribution is -2.30. The van der Waals surface area contributed by atoms with Crippen LogP contribution in [0.25, 0.3) is 0 Å². The number of amides is 1. The summed E-state index contributed by atoms with van der Waals surface area (Å²) >= 11 is 0. The number of hydrogen-bond donors (Lipinski definition) is 0. The minimum atomic E-state index is -3.51. The maximum absolute atomic E-state index is 12.7. The van der Waals surface area contributed by atoms with E-state index in [0.717, 1.165) is 6.29 Å². The van der Waals surface area contributed by atoms with E-state index in [1.807, 2.05) is 0 Å². The van der Waals surface area contributed by atoms with Crippen molar-refractivity contribution in [1.29, 1.82) is 0 Å². The van der Waals surface area contributed by atoms with E-state index in [2.05, 4.69) is 0 Å². The Morgan fingerprint density at radius 2 is 1.95 bits per heavy atom. The molecule has 1 aromatic carbocycles. The summed E-state index contributed by atoms with van der Waals surface area (Å²) in [5.41, 5.74) is 1.08. The van der Waals surface area contributed by atoms with Gasteiger partial charge in [-0.1, -0.05) is 18.2 Å². The molecule has 1 unspecified atom stereocenters. The zero-order valence-electron chi connectivity index (χ0n) is 11.3. The van der Waals surface area contributed by atoms with E-state index in [9.17, 15) is 14.2 Å². The van der Waals surface area contributed by atoms with Gasteiger partial charge in [-0.25, -0.2) is 0 Å². The quantitative estimate of drug-likeness (QED) is 0.594. The maximum atomic E-state index is 12.7. The molecule has 1 aliphatic rings. The van der Waals surface area contributed by atoms with E-state index in [-0.39, 0.29) is 18.9 Å². The minimum Gasteiger partial charge on any atom is -0.320 e. The third kappa shape index (κ3) is 2.30. The molecule has 1 atom stereocenters. The van der Waals surface area contributed by atoms with Crippen molar-refractivity contribution >= 4 is 19.8 Å². The Bertz CT molecular complexity index is 566. The van der Waals surface area contributed by atoms with Crippen LogP contribution >= 0.6 is 7.60 Å². The first-order chi connectivity index (χ1) is 9.59. The van der Waals surface area contributed by atoms with E-state index in [4.69, 9.17) is 9.05 Å². The van der Waals surface area contributed by atoms with Crippen molar-refractivity contribution in [2.45, 2.75) is 12.2 Å². The summed E-state index contributed by atoms with van der Waals surface area (Å²) in [6, 6.07) is 6.89. The standard InChI is InChI=1S/C13H16NO5P/c1-18-20(17,19-2)13-11-7-4-3-6-10(11)12(16)14(13)8-5-9-15/h3-4,6-7,9,13H,5,8H2,1-2H3. The van der Waals surface area contributed by atoms with Gasteiger partial charge in [0.1, 0.15) is 6.29 Å². The van der Waals surface area contributed by atoms with Crippen LogP contribution in [0.4, 0.5) is 0 Å². The zero-order chi connectivity index (χ0) is 14.8. The molecule has 0 N–H and O–H groups in total. The molecule has 108 valence electrons. The summed E-state index contributed by atoms with van der Waals surface area (Å²) in [5.74, 6) is -1.07. The molecule has 1 heterocycles. The Balaban J connectivity index is 2.50. The second-order valence-corrected chi connectivity index (χ2v) is 6.62. The molecule has 0 aromatic heterocycles. The van der Waals surface area contributed by atoms with Crippen molar-refractivity contribution in [3.05, 3.63) is 35.4 Å². The SMILES string of the molecule is COP(=O)(OC)C1c2ccccc2C(=O)N1CCC=O. The van der Waals surface area contributed by atoms with Crippen LogP contribution in [0, 0.1) is 0 Å². The lowest BCUT2D eigenvalue weighted by molar-refractivity contribution is -0.108. The van der Waals surface area contributed by atoms with Crippen molar-refractivity contribution in [2.24, 2.45) is 0 Å². The van der Waals surface area contributed by atoms with Gasteiger partial charge in [0.25, 0.3) is 5.91 Å². The average Bonchev–Trinajstić information content (AvgIpc) is 2.78. The topological polar surface area (TPSA) is 72.9 Å². The first-order valence-corrected chi connectivity index (χ1v) is 7.75. The van der Waals surface area contributed by atoms with Crippen LogP contribution in [0.1, 0.15) is 28.1 Å². The first-order valence-electron chi connectivity index (χ1n) is 6.13. The van der Waals surface area contributed by atoms with Gasteiger partial charge in [-0.15, -0.1) is 0 Å². The third-order valence-electron chi connectivity index (χ3n) is 3.32. The van der Waals surface area contributed by atoms with E-state index < -0.39 is 13.4 Å². The van der Waals surface area contributed by atoms with Gasteiger partial charge in [-0.3, -0.25) is 9.36 Å². The highest BCUT2D eigenvalue weighted by atomic mass is 31.2. The van der Waals surface area contributed by atoms with Crippen LogP contribution in [0.15, 0.2) is 24.3 Å². The number of carbonyl (C=O) groups is 2. The molecular weight excluding hydrogens is 281 g/mol. The molecule has 0 fully saturated rings. The summed E-state index contributed by atoms with van der Waals surface area (Å²) in [7, 11) is -0.935. The van der Waals surface area contributed by atoms with Crippen molar-refractivity contribution < 1.29 is 23.2 Å². The van der Waals surface area contributed by atoms with Gasteiger partial charge in [-0.05, 0) is 11.6 Å². The molecule has 0 saturated carbocycles. The smallest absolute Gasteiger partial charge is 0.320 e. The lowest BCUT2D eigenvalue weighted by atomic mass is 10.1. The second kappa shape index (κ2) is 5.87. The maximum Gasteiger partial charge on any atom is 0.357 e. The molecule has 0 bridgehead atoms. The van der Waals surface area contributed by atoms with E-state index in [0.29, 0.717) is 11.1 Å². The number of fused-ring (bicyclic) bond motifs is 1. The second-order valence-electron chi connectivity index (χ2n) is 4.32. The summed E-state index contributed by atoms with van der Waals surface area (Å²) in [4.78, 5) is 24.3. The fourth-order valence-corrected chi connectivity index (χ4v) is 4.06. The molecule has 0 saturated heterocycles. The number of rotatable bonds is 6. The molecule has 1 amide bonds. The van der Waals surface area contributed by atoms with Crippen LogP contribution in [0.3, 0.4) is 0 Å². The Kier molecular flexibility index (Phi) is 4.38. The molecule has 6 nitrogen and oxygen atoms in total. The average molecular weight is 297 g/mol. The van der Waals surface area contributed by atoms with Gasteiger partial charge in [-0.2, -0.15) is 0 Å². The predicted octanol–water partition coefficient (Wildman–Crippen LogP) is 2.22. The molecule has 0 aliphatic carbocycles. The molecular formula is C13H16NO5P. The first kappa shape index (κ1) is 14.9. The summed E-state index contributed by atoms with van der Waals surface area (Å²) in [6.07, 6.45) is 0.890. The van der Waals surface area contributed by atoms with Gasteiger partial charge in [0.15, 0.2) is 5.78 Å². The van der Waals surface area contributed by atoms with Crippen molar-refractivity contribution in [2.75, 3.05) is 20.8 Å². The number of benzene rings is 1. The Hall–Kier alpha value is -1.49. The fraction of sp³-hybridized carbons (Fsp3) is 0.385. The highest BCUT2D eigenvalue weighted by Gasteiger charge is 2.48. The molecule has 7 heteroatoms. The largest absolute Gasteiger partial charge is 0.357 e. The van der Waals surface area contributed by atoms with E-state index in [1.165, 1.54) is 19.1 Å². The van der Waals surface area contributed by atoms with E-state index >= 15 is 0 Å². The number of carbonyl (C=O) groups excluding carboxylic acids is 2. The summed E-state index contributed by atoms with van der Waals surface area (Å²) in [6.45, 7) is 0.179. The normalized spacial score (nSPS) is 18.2. The van der Waals surface area contributed by atoms with Gasteiger partial charge in [0.2, 0.25) is 0 Å². The van der Waals surface area contributed by atoms with Gasteiger partial charge < -0.3 is 18.7 Å². The Morgan fingerprint density at radius 1 is 1.30 bits per heavy atom. The molecule has 20 heavy (non-hydrogen) atoms. The lowest BCUT2D eigenvalue weighted by Gasteiger charge is -2.29. The number of hydrogen-bond acceptors (Lipinski definition) is 5. The van der Waals surface area contributed by atoms with Crippen LogP contribution in [-0.4, -0.2) is 37.9 Å². The Morgan fingerprint density at radius 3 is 2.55 bits per heavy atom. The predicted molar refractivity (Wildman–Crippen MR) is 72.5 cm³/mol. The van der Waals surface area contributed by atoms with Crippen LogP contribution in [0.5, 0.6) is 0 Å². The highest BCUT2D eigenvalue weighted by Crippen LogP contribution is 2.63. The van der Waals surface area contributed by atoms with Gasteiger partial charge in [0, 0.05) is 32.7 Å². The van der Waals surface area contributed by atoms with Gasteiger partial charge >= 0.3 is 7.60 Å². The van der Waals surface area contributed by atoms with Crippen molar-refractivity contribution in [3.63, 3.8) is 0 Å². The summed E-state index contributed by atoms with van der Waals surface area (Å²) < 4.78 is 22.8. The fourth-order valence-electron chi connectivity index (χ4n) is 2.38. The molecule has 1 aliphatic heterocycles. The number of aldehydes is 1. The van der Waals surface area contributed by atoms with Crippen LogP contribution in [0.2, 0.25) is 0 Å². The van der Waals surface area contributed by atoms with Gasteiger partial charge in [0.05, 0.1) is 0 Å². The molecule has 0 spiro atoms. The molecule has 1 aromatic rings. The summed E-state index contributed by atoms with van der Waals surface area (Å²) in [5, 5.41) is 0. The zero-order valence-corrected chi connectivity index (χ0v) is 12.2. The molecule has 2 rings (SSSR count). The monoisotopic (exact) mass is 297 g/mol. The third-order valence-corrected chi connectivity index (χ3v) is 5.50. The van der Waals surface area contributed by atoms with Crippen molar-refractivity contribution in [3.8, 4) is 0 Å². The number of nitrogens with zero attached hydrogens (tertiary/aromatic N) is 1. The molecule has 0 radical (unpaired) electrons. The Labute approximate surface area is 117 Å². The van der Waals surface area contributed by atoms with Crippen molar-refractivity contribution in [1.82, 2.24) is 4.90 Å². The van der Waals surface area contributed by atoms with Crippen LogP contribution in [-0.2, 0) is 18.4 Å².